The fourth-order valence-electron chi connectivity index (χ4n) is 7.28. The second-order valence-corrected chi connectivity index (χ2v) is 12.5. The second-order valence-electron chi connectivity index (χ2n) is 12.5. The predicted octanol–water partition coefficient (Wildman–Crippen LogP) is 4.46. The highest BCUT2D eigenvalue weighted by atomic mass is 19.1. The van der Waals surface area contributed by atoms with Crippen molar-refractivity contribution in [2.24, 2.45) is 0 Å². The minimum atomic E-state index is -0.343. The summed E-state index contributed by atoms with van der Waals surface area (Å²) >= 11 is 0. The molecule has 0 radical (unpaired) electrons. The number of carbonyl (C=O) groups is 1. The maximum atomic E-state index is 13.8. The molecular formula is C34H32FN9O2. The third kappa shape index (κ3) is 4.84. The number of fused-ring (bicyclic) bond motifs is 3. The molecule has 0 spiro atoms. The third-order valence-corrected chi connectivity index (χ3v) is 9.77. The molecule has 4 aliphatic heterocycles. The lowest BCUT2D eigenvalue weighted by Crippen LogP contribution is -2.68. The number of halogens is 1. The molecule has 2 unspecified atom stereocenters. The number of aromatic hydroxyl groups is 1. The number of hydrogen-bond acceptors (Lipinski definition) is 8. The zero-order valence-electron chi connectivity index (χ0n) is 25.3. The average molecular weight is 618 g/mol. The molecule has 4 saturated heterocycles. The quantitative estimate of drug-likeness (QED) is 0.286. The number of rotatable bonds is 6. The predicted molar refractivity (Wildman–Crippen MR) is 169 cm³/mol. The van der Waals surface area contributed by atoms with Crippen LogP contribution in [-0.4, -0.2) is 83.8 Å². The highest BCUT2D eigenvalue weighted by Crippen LogP contribution is 2.38. The summed E-state index contributed by atoms with van der Waals surface area (Å²) in [6.45, 7) is 5.10. The number of aromatic nitrogens is 5. The van der Waals surface area contributed by atoms with E-state index in [1.807, 2.05) is 46.4 Å². The number of phenolic OH excluding ortho intramolecular Hbond substituents is 1. The van der Waals surface area contributed by atoms with E-state index in [2.05, 4.69) is 30.9 Å². The van der Waals surface area contributed by atoms with Crippen LogP contribution in [0.5, 0.6) is 5.75 Å². The molecule has 8 heterocycles. The molecule has 9 rings (SSSR count). The summed E-state index contributed by atoms with van der Waals surface area (Å²) in [6, 6.07) is 13.2. The first-order chi connectivity index (χ1) is 22.3. The van der Waals surface area contributed by atoms with E-state index in [0.717, 1.165) is 66.1 Å². The Balaban J connectivity index is 1.01. The van der Waals surface area contributed by atoms with Crippen LogP contribution in [0.15, 0.2) is 61.2 Å². The summed E-state index contributed by atoms with van der Waals surface area (Å²) in [7, 11) is 0. The molecule has 1 aromatic carbocycles. The number of aromatic amines is 1. The standard InChI is InChI=1S/C34H32FN9O2/c1-20(45)41-7-6-26(17-41)44-16-24(14-39-44)30-10-29-33(23(11-36)13-38-34(29)40-30)21-2-5-32(37-12-21)42-18-27-9-28(19-42)43(27)15-22-8-25(35)3-4-31(22)46/h2-5,8,10,12-14,16,26-28,46H,6-7,9,15,17-19H2,1H3,(H,38,40)/t26-,27?,28?/m1/s1. The minimum absolute atomic E-state index is 0.0821. The largest absolute Gasteiger partial charge is 0.508 e. The monoisotopic (exact) mass is 617 g/mol. The number of nitrogens with zero attached hydrogens (tertiary/aromatic N) is 8. The Kier molecular flexibility index (Phi) is 6.72. The maximum absolute atomic E-state index is 13.8. The van der Waals surface area contributed by atoms with Crippen molar-refractivity contribution in [1.82, 2.24) is 34.5 Å². The van der Waals surface area contributed by atoms with Crippen LogP contribution in [0.1, 0.15) is 36.9 Å². The van der Waals surface area contributed by atoms with Gasteiger partial charge in [-0.2, -0.15) is 10.4 Å². The van der Waals surface area contributed by atoms with Gasteiger partial charge in [-0.25, -0.2) is 14.4 Å². The number of nitrogens with one attached hydrogen (secondary N) is 1. The fourth-order valence-corrected chi connectivity index (χ4v) is 7.28. The first-order valence-electron chi connectivity index (χ1n) is 15.5. The number of nitriles is 1. The number of pyridine rings is 2. The van der Waals surface area contributed by atoms with Crippen LogP contribution in [0.4, 0.5) is 10.2 Å². The zero-order valence-corrected chi connectivity index (χ0v) is 25.3. The van der Waals surface area contributed by atoms with Gasteiger partial charge in [-0.1, -0.05) is 0 Å². The van der Waals surface area contributed by atoms with E-state index in [4.69, 9.17) is 4.98 Å². The van der Waals surface area contributed by atoms with Crippen molar-refractivity contribution in [2.45, 2.75) is 44.4 Å². The van der Waals surface area contributed by atoms with Crippen molar-refractivity contribution in [3.8, 4) is 34.2 Å². The molecule has 232 valence electrons. The van der Waals surface area contributed by atoms with Gasteiger partial charge in [0.25, 0.3) is 0 Å². The van der Waals surface area contributed by atoms with Crippen LogP contribution in [0.25, 0.3) is 33.4 Å². The number of benzene rings is 1. The van der Waals surface area contributed by atoms with Gasteiger partial charge >= 0.3 is 0 Å². The topological polar surface area (TPSA) is 130 Å². The molecule has 2 bridgehead atoms. The van der Waals surface area contributed by atoms with Crippen LogP contribution >= 0.6 is 0 Å². The molecule has 12 heteroatoms. The molecule has 1 amide bonds. The Morgan fingerprint density at radius 3 is 2.65 bits per heavy atom. The number of H-pyrrole nitrogens is 1. The van der Waals surface area contributed by atoms with Crippen molar-refractivity contribution in [1.29, 1.82) is 5.26 Å². The highest BCUT2D eigenvalue weighted by molar-refractivity contribution is 5.98. The zero-order chi connectivity index (χ0) is 31.5. The van der Waals surface area contributed by atoms with E-state index in [9.17, 15) is 19.6 Å². The van der Waals surface area contributed by atoms with Crippen LogP contribution in [-0.2, 0) is 11.3 Å². The van der Waals surface area contributed by atoms with Crippen molar-refractivity contribution in [3.05, 3.63) is 78.1 Å². The summed E-state index contributed by atoms with van der Waals surface area (Å²) in [5.74, 6) is 0.731. The van der Waals surface area contributed by atoms with Gasteiger partial charge in [-0.3, -0.25) is 14.4 Å². The summed E-state index contributed by atoms with van der Waals surface area (Å²) in [5, 5.41) is 25.6. The molecule has 3 atom stereocenters. The molecule has 5 aromatic rings. The normalized spacial score (nSPS) is 21.0. The number of phenols is 1. The maximum Gasteiger partial charge on any atom is 0.219 e. The van der Waals surface area contributed by atoms with Gasteiger partial charge in [0.05, 0.1) is 23.5 Å². The number of likely N-dealkylation sites (tertiary alicyclic amines) is 1. The van der Waals surface area contributed by atoms with Crippen LogP contribution in [0.2, 0.25) is 0 Å². The van der Waals surface area contributed by atoms with Crippen molar-refractivity contribution < 1.29 is 14.3 Å². The lowest BCUT2D eigenvalue weighted by atomic mass is 9.86. The van der Waals surface area contributed by atoms with Gasteiger partial charge in [0.15, 0.2) is 0 Å². The number of piperidine rings is 1. The van der Waals surface area contributed by atoms with Crippen molar-refractivity contribution in [2.75, 3.05) is 31.1 Å². The van der Waals surface area contributed by atoms with Crippen molar-refractivity contribution >= 4 is 22.8 Å². The Morgan fingerprint density at radius 2 is 1.91 bits per heavy atom. The molecule has 4 fully saturated rings. The van der Waals surface area contributed by atoms with Gasteiger partial charge in [0, 0.05) is 98.0 Å². The molecule has 0 saturated carbocycles. The van der Waals surface area contributed by atoms with E-state index in [1.54, 1.807) is 13.1 Å². The third-order valence-electron chi connectivity index (χ3n) is 9.77. The molecule has 11 nitrogen and oxygen atoms in total. The lowest BCUT2D eigenvalue weighted by molar-refractivity contribution is -0.127. The summed E-state index contributed by atoms with van der Waals surface area (Å²) in [6.07, 6.45) is 9.15. The van der Waals surface area contributed by atoms with E-state index in [0.29, 0.717) is 41.9 Å². The summed E-state index contributed by atoms with van der Waals surface area (Å²) in [4.78, 5) is 31.0. The number of hydrogen-bond donors (Lipinski definition) is 2. The number of piperazine rings is 1. The van der Waals surface area contributed by atoms with Crippen LogP contribution in [0.3, 0.4) is 0 Å². The van der Waals surface area contributed by atoms with Gasteiger partial charge in [0.2, 0.25) is 5.91 Å². The molecule has 46 heavy (non-hydrogen) atoms. The number of anilines is 1. The van der Waals surface area contributed by atoms with E-state index < -0.39 is 0 Å². The van der Waals surface area contributed by atoms with E-state index in [1.165, 1.54) is 18.2 Å². The Bertz CT molecular complexity index is 2000. The molecule has 4 aliphatic rings. The van der Waals surface area contributed by atoms with Crippen LogP contribution in [0, 0.1) is 17.1 Å². The second kappa shape index (κ2) is 11.0. The highest BCUT2D eigenvalue weighted by Gasteiger charge is 2.45. The molecule has 2 N–H and O–H groups in total. The lowest BCUT2D eigenvalue weighted by Gasteiger charge is -2.56. The van der Waals surface area contributed by atoms with Gasteiger partial charge in [0.1, 0.15) is 29.1 Å². The van der Waals surface area contributed by atoms with Gasteiger partial charge < -0.3 is 19.9 Å². The van der Waals surface area contributed by atoms with Gasteiger partial charge in [-0.05, 0) is 49.2 Å². The smallest absolute Gasteiger partial charge is 0.219 e. The minimum Gasteiger partial charge on any atom is -0.508 e. The first kappa shape index (κ1) is 28.2. The Labute approximate surface area is 264 Å². The number of amides is 1. The van der Waals surface area contributed by atoms with Gasteiger partial charge in [-0.15, -0.1) is 0 Å². The Hall–Kier alpha value is -5.28. The summed E-state index contributed by atoms with van der Waals surface area (Å²) in [5.41, 5.74) is 5.10. The van der Waals surface area contributed by atoms with E-state index in [-0.39, 0.29) is 23.5 Å². The SMILES string of the molecule is CC(=O)N1CC[C@@H](n2cc(-c3cc4c(-c5ccc(N6CC7CC(C6)N7Cc6cc(F)ccc6O)nc5)c(C#N)cnc4[nH]3)cn2)C1. The first-order valence-corrected chi connectivity index (χ1v) is 15.5. The molecule has 0 aliphatic carbocycles. The fraction of sp³-hybridized carbons (Fsp3) is 0.324. The average Bonchev–Trinajstić information content (AvgIpc) is 3.84. The Morgan fingerprint density at radius 1 is 1.07 bits per heavy atom. The van der Waals surface area contributed by atoms with E-state index >= 15 is 0 Å². The summed E-state index contributed by atoms with van der Waals surface area (Å²) < 4.78 is 15.7. The molecular weight excluding hydrogens is 585 g/mol. The van der Waals surface area contributed by atoms with Crippen LogP contribution < -0.4 is 4.90 Å². The van der Waals surface area contributed by atoms with Crippen molar-refractivity contribution in [3.63, 3.8) is 0 Å². The number of carbonyl (C=O) groups excluding carboxylic acids is 1. The molecule has 4 aromatic heterocycles.